The van der Waals surface area contributed by atoms with Crippen molar-refractivity contribution in [3.05, 3.63) is 77.3 Å². The molecule has 0 aliphatic rings. The van der Waals surface area contributed by atoms with Gasteiger partial charge in [-0.2, -0.15) is 0 Å². The van der Waals surface area contributed by atoms with Gasteiger partial charge < -0.3 is 14.8 Å². The average Bonchev–Trinajstić information content (AvgIpc) is 2.88. The molecule has 3 aromatic rings. The fraction of sp³-hybridized carbons (Fsp3) is 0.200. The summed E-state index contributed by atoms with van der Waals surface area (Å²) in [7, 11) is -2.93. The van der Waals surface area contributed by atoms with Gasteiger partial charge in [-0.3, -0.25) is 9.10 Å². The lowest BCUT2D eigenvalue weighted by atomic mass is 10.2. The summed E-state index contributed by atoms with van der Waals surface area (Å²) in [6.45, 7) is 1.50. The van der Waals surface area contributed by atoms with E-state index in [0.717, 1.165) is 9.20 Å². The second-order valence-corrected chi connectivity index (χ2v) is 10.5. The molecule has 3 rings (SSSR count). The summed E-state index contributed by atoms with van der Waals surface area (Å²) in [5, 5.41) is 2.77. The minimum atomic E-state index is -4.17. The molecule has 8 nitrogen and oxygen atoms in total. The summed E-state index contributed by atoms with van der Waals surface area (Å²) >= 11 is 7.68. The predicted octanol–water partition coefficient (Wildman–Crippen LogP) is 5.08. The van der Waals surface area contributed by atoms with E-state index in [1.165, 1.54) is 49.2 Å². The Labute approximate surface area is 219 Å². The molecule has 0 saturated carbocycles. The van der Waals surface area contributed by atoms with E-state index in [-0.39, 0.29) is 26.9 Å². The molecule has 0 saturated heterocycles. The maximum Gasteiger partial charge on any atom is 0.337 e. The summed E-state index contributed by atoms with van der Waals surface area (Å²) in [5.41, 5.74) is 0.527. The zero-order valence-electron chi connectivity index (χ0n) is 19.9. The number of esters is 1. The van der Waals surface area contributed by atoms with Crippen LogP contribution in [-0.2, 0) is 19.6 Å². The van der Waals surface area contributed by atoms with Crippen molar-refractivity contribution in [2.75, 3.05) is 36.1 Å². The van der Waals surface area contributed by atoms with Crippen LogP contribution in [0.3, 0.4) is 0 Å². The van der Waals surface area contributed by atoms with Gasteiger partial charge in [-0.05, 0) is 67.8 Å². The third kappa shape index (κ3) is 6.31. The van der Waals surface area contributed by atoms with E-state index in [1.54, 1.807) is 43.3 Å². The lowest BCUT2D eigenvalue weighted by Crippen LogP contribution is -2.38. The summed E-state index contributed by atoms with van der Waals surface area (Å²) in [6.07, 6.45) is 1.89. The number of amides is 1. The Bertz CT molecular complexity index is 1350. The monoisotopic (exact) mass is 548 g/mol. The smallest absolute Gasteiger partial charge is 0.337 e. The number of para-hydroxylation sites is 2. The molecule has 3 aromatic carbocycles. The number of thioether (sulfide) groups is 1. The van der Waals surface area contributed by atoms with Gasteiger partial charge in [0.25, 0.3) is 10.0 Å². The minimum absolute atomic E-state index is 0.0186. The molecule has 0 bridgehead atoms. The molecule has 0 aliphatic heterocycles. The van der Waals surface area contributed by atoms with Crippen molar-refractivity contribution in [3.63, 3.8) is 0 Å². The van der Waals surface area contributed by atoms with Gasteiger partial charge >= 0.3 is 5.97 Å². The van der Waals surface area contributed by atoms with Crippen molar-refractivity contribution in [2.45, 2.75) is 16.7 Å². The Morgan fingerprint density at radius 3 is 2.39 bits per heavy atom. The average molecular weight is 549 g/mol. The maximum atomic E-state index is 13.7. The first-order chi connectivity index (χ1) is 17.2. The first-order valence-corrected chi connectivity index (χ1v) is 13.8. The third-order valence-electron chi connectivity index (χ3n) is 5.03. The van der Waals surface area contributed by atoms with Crippen molar-refractivity contribution in [3.8, 4) is 5.75 Å². The highest BCUT2D eigenvalue weighted by Gasteiger charge is 2.29. The molecule has 0 radical (unpaired) electrons. The number of methoxy groups -OCH3 is 1. The Kier molecular flexibility index (Phi) is 9.25. The molecule has 0 atom stereocenters. The fourth-order valence-electron chi connectivity index (χ4n) is 3.30. The number of nitrogens with one attached hydrogen (secondary N) is 1. The number of sulfonamides is 1. The van der Waals surface area contributed by atoms with E-state index >= 15 is 0 Å². The Balaban J connectivity index is 2.00. The number of rotatable bonds is 10. The normalized spacial score (nSPS) is 11.0. The van der Waals surface area contributed by atoms with Crippen molar-refractivity contribution in [1.82, 2.24) is 0 Å². The summed E-state index contributed by atoms with van der Waals surface area (Å²) in [6, 6.07) is 17.2. The lowest BCUT2D eigenvalue weighted by molar-refractivity contribution is -0.114. The van der Waals surface area contributed by atoms with Crippen molar-refractivity contribution >= 4 is 56.6 Å². The van der Waals surface area contributed by atoms with Gasteiger partial charge in [0.2, 0.25) is 5.91 Å². The van der Waals surface area contributed by atoms with Crippen LogP contribution in [0.1, 0.15) is 17.3 Å². The highest BCUT2D eigenvalue weighted by molar-refractivity contribution is 7.98. The SMILES string of the molecule is CCOc1ccccc1N(CC(=O)Nc1cc(C(=O)OC)ccc1Cl)S(=O)(=O)c1ccc(SC)cc1. The molecule has 0 aromatic heterocycles. The number of nitrogens with zero attached hydrogens (tertiary/aromatic N) is 1. The van der Waals surface area contributed by atoms with E-state index in [0.29, 0.717) is 12.4 Å². The van der Waals surface area contributed by atoms with Gasteiger partial charge in [0.1, 0.15) is 12.3 Å². The van der Waals surface area contributed by atoms with Crippen LogP contribution in [0, 0.1) is 0 Å². The zero-order chi connectivity index (χ0) is 26.3. The molecular formula is C25H25ClN2O6S2. The minimum Gasteiger partial charge on any atom is -0.492 e. The summed E-state index contributed by atoms with van der Waals surface area (Å²) < 4.78 is 38.8. The molecule has 0 aliphatic carbocycles. The Morgan fingerprint density at radius 2 is 1.75 bits per heavy atom. The van der Waals surface area contributed by atoms with E-state index < -0.39 is 28.4 Å². The van der Waals surface area contributed by atoms with Crippen molar-refractivity contribution < 1.29 is 27.5 Å². The molecule has 0 spiro atoms. The third-order valence-corrected chi connectivity index (χ3v) is 7.88. The van der Waals surface area contributed by atoms with Gasteiger partial charge in [-0.1, -0.05) is 23.7 Å². The van der Waals surface area contributed by atoms with Crippen LogP contribution in [0.25, 0.3) is 0 Å². The Hall–Kier alpha value is -3.21. The van der Waals surface area contributed by atoms with Gasteiger partial charge in [-0.15, -0.1) is 11.8 Å². The maximum absolute atomic E-state index is 13.7. The number of hydrogen-bond acceptors (Lipinski definition) is 7. The first-order valence-electron chi connectivity index (χ1n) is 10.8. The molecule has 0 heterocycles. The first kappa shape index (κ1) is 27.4. The topological polar surface area (TPSA) is 102 Å². The molecule has 36 heavy (non-hydrogen) atoms. The largest absolute Gasteiger partial charge is 0.492 e. The Morgan fingerprint density at radius 1 is 1.06 bits per heavy atom. The number of anilines is 2. The molecule has 1 amide bonds. The van der Waals surface area contributed by atoms with Crippen LogP contribution in [0.4, 0.5) is 11.4 Å². The highest BCUT2D eigenvalue weighted by Crippen LogP contribution is 2.33. The standard InChI is InChI=1S/C25H25ClN2O6S2/c1-4-34-23-8-6-5-7-22(23)28(36(31,32)19-12-10-18(35-3)11-13-19)16-24(29)27-21-15-17(25(30)33-2)9-14-20(21)26/h5-15H,4,16H2,1-3H3,(H,27,29). The fourth-order valence-corrected chi connectivity index (χ4v) is 5.31. The number of halogens is 1. The number of ether oxygens (including phenoxy) is 2. The second kappa shape index (κ2) is 12.2. The summed E-state index contributed by atoms with van der Waals surface area (Å²) in [5.74, 6) is -0.969. The number of hydrogen-bond donors (Lipinski definition) is 1. The molecule has 190 valence electrons. The van der Waals surface area contributed by atoms with Crippen LogP contribution < -0.4 is 14.4 Å². The van der Waals surface area contributed by atoms with E-state index in [1.807, 2.05) is 6.26 Å². The quantitative estimate of drug-likeness (QED) is 0.278. The van der Waals surface area contributed by atoms with Crippen LogP contribution in [0.15, 0.2) is 76.5 Å². The number of benzene rings is 3. The molecule has 0 unspecified atom stereocenters. The predicted molar refractivity (Wildman–Crippen MR) is 142 cm³/mol. The lowest BCUT2D eigenvalue weighted by Gasteiger charge is -2.26. The number of carbonyl (C=O) groups excluding carboxylic acids is 2. The van der Waals surface area contributed by atoms with Crippen LogP contribution >= 0.6 is 23.4 Å². The van der Waals surface area contributed by atoms with Gasteiger partial charge in [0, 0.05) is 4.90 Å². The number of carbonyl (C=O) groups is 2. The zero-order valence-corrected chi connectivity index (χ0v) is 22.2. The molecule has 1 N–H and O–H groups in total. The van der Waals surface area contributed by atoms with Crippen LogP contribution in [-0.4, -0.2) is 46.8 Å². The van der Waals surface area contributed by atoms with Gasteiger partial charge in [0.05, 0.1) is 40.6 Å². The van der Waals surface area contributed by atoms with Gasteiger partial charge in [0.15, 0.2) is 0 Å². The van der Waals surface area contributed by atoms with Gasteiger partial charge in [-0.25, -0.2) is 13.2 Å². The van der Waals surface area contributed by atoms with Crippen molar-refractivity contribution in [2.24, 2.45) is 0 Å². The van der Waals surface area contributed by atoms with E-state index in [9.17, 15) is 18.0 Å². The van der Waals surface area contributed by atoms with E-state index in [4.69, 9.17) is 21.1 Å². The summed E-state index contributed by atoms with van der Waals surface area (Å²) in [4.78, 5) is 25.9. The van der Waals surface area contributed by atoms with Crippen molar-refractivity contribution in [1.29, 1.82) is 0 Å². The molecule has 0 fully saturated rings. The molecular weight excluding hydrogens is 524 g/mol. The second-order valence-electron chi connectivity index (χ2n) is 7.32. The highest BCUT2D eigenvalue weighted by atomic mass is 35.5. The molecule has 11 heteroatoms. The van der Waals surface area contributed by atoms with Crippen LogP contribution in [0.2, 0.25) is 5.02 Å². The van der Waals surface area contributed by atoms with E-state index in [2.05, 4.69) is 5.32 Å². The van der Waals surface area contributed by atoms with Crippen LogP contribution in [0.5, 0.6) is 5.75 Å².